The monoisotopic (exact) mass is 258 g/mol. The Balaban J connectivity index is 2.19. The zero-order valence-electron chi connectivity index (χ0n) is 11.3. The van der Waals surface area contributed by atoms with E-state index in [1.165, 1.54) is 12.5 Å². The standard InChI is InChI=1S/C16H18O3/c1-12-8-10-16(11-9-12,13(2)17)19-15(18)14-6-4-3-5-7-14/h3-8H,9-11H2,1-2H3/t16-/m0/s1. The molecule has 2 rings (SSSR count). The number of esters is 1. The molecule has 1 aliphatic carbocycles. The van der Waals surface area contributed by atoms with Crippen molar-refractivity contribution in [2.45, 2.75) is 38.7 Å². The molecule has 0 saturated carbocycles. The van der Waals surface area contributed by atoms with Crippen LogP contribution < -0.4 is 0 Å². The molecule has 0 saturated heterocycles. The van der Waals surface area contributed by atoms with Gasteiger partial charge in [0.1, 0.15) is 0 Å². The van der Waals surface area contributed by atoms with E-state index in [1.807, 2.05) is 19.1 Å². The Morgan fingerprint density at radius 2 is 1.89 bits per heavy atom. The van der Waals surface area contributed by atoms with Gasteiger partial charge in [0.2, 0.25) is 0 Å². The second-order valence-electron chi connectivity index (χ2n) is 5.06. The highest BCUT2D eigenvalue weighted by Crippen LogP contribution is 2.32. The lowest BCUT2D eigenvalue weighted by molar-refractivity contribution is -0.137. The molecule has 0 fully saturated rings. The summed E-state index contributed by atoms with van der Waals surface area (Å²) in [6, 6.07) is 8.79. The van der Waals surface area contributed by atoms with E-state index in [9.17, 15) is 9.59 Å². The number of allylic oxidation sites excluding steroid dienone is 1. The fourth-order valence-corrected chi connectivity index (χ4v) is 2.24. The molecular weight excluding hydrogens is 240 g/mol. The molecule has 0 spiro atoms. The van der Waals surface area contributed by atoms with Crippen LogP contribution in [0.3, 0.4) is 0 Å². The Morgan fingerprint density at radius 1 is 1.21 bits per heavy atom. The predicted molar refractivity (Wildman–Crippen MR) is 72.9 cm³/mol. The molecule has 1 aromatic carbocycles. The van der Waals surface area contributed by atoms with E-state index in [0.717, 1.165) is 6.42 Å². The fraction of sp³-hybridized carbons (Fsp3) is 0.375. The van der Waals surface area contributed by atoms with Crippen LogP contribution >= 0.6 is 0 Å². The molecule has 0 aromatic heterocycles. The maximum atomic E-state index is 12.1. The van der Waals surface area contributed by atoms with Crippen LogP contribution in [0.5, 0.6) is 0 Å². The Bertz CT molecular complexity index is 516. The van der Waals surface area contributed by atoms with Gasteiger partial charge >= 0.3 is 5.97 Å². The average Bonchev–Trinajstić information content (AvgIpc) is 2.42. The smallest absolute Gasteiger partial charge is 0.339 e. The first-order chi connectivity index (χ1) is 9.03. The third-order valence-electron chi connectivity index (χ3n) is 3.64. The van der Waals surface area contributed by atoms with Gasteiger partial charge in [0.25, 0.3) is 0 Å². The van der Waals surface area contributed by atoms with E-state index in [2.05, 4.69) is 0 Å². The number of hydrogen-bond acceptors (Lipinski definition) is 3. The maximum Gasteiger partial charge on any atom is 0.339 e. The van der Waals surface area contributed by atoms with Crippen LogP contribution in [0.1, 0.15) is 43.5 Å². The zero-order chi connectivity index (χ0) is 13.9. The summed E-state index contributed by atoms with van der Waals surface area (Å²) < 4.78 is 5.54. The molecule has 19 heavy (non-hydrogen) atoms. The predicted octanol–water partition coefficient (Wildman–Crippen LogP) is 3.30. The first-order valence-corrected chi connectivity index (χ1v) is 6.48. The van der Waals surface area contributed by atoms with E-state index in [0.29, 0.717) is 18.4 Å². The summed E-state index contributed by atoms with van der Waals surface area (Å²) in [7, 11) is 0. The number of Topliss-reactive ketones (excluding diaryl/α,β-unsaturated/α-hetero) is 1. The Labute approximate surface area is 113 Å². The molecule has 0 radical (unpaired) electrons. The number of ether oxygens (including phenoxy) is 1. The second kappa shape index (κ2) is 5.39. The molecule has 0 bridgehead atoms. The van der Waals surface area contributed by atoms with E-state index in [1.54, 1.807) is 24.3 Å². The first kappa shape index (κ1) is 13.5. The van der Waals surface area contributed by atoms with E-state index in [-0.39, 0.29) is 5.78 Å². The zero-order valence-corrected chi connectivity index (χ0v) is 11.3. The van der Waals surface area contributed by atoms with Crippen LogP contribution in [0, 0.1) is 0 Å². The van der Waals surface area contributed by atoms with Crippen molar-refractivity contribution in [3.8, 4) is 0 Å². The molecule has 3 nitrogen and oxygen atoms in total. The molecule has 0 amide bonds. The Kier molecular flexibility index (Phi) is 3.84. The summed E-state index contributed by atoms with van der Waals surface area (Å²) in [5, 5.41) is 0. The Morgan fingerprint density at radius 3 is 2.42 bits per heavy atom. The van der Waals surface area contributed by atoms with Gasteiger partial charge in [0.15, 0.2) is 11.4 Å². The van der Waals surface area contributed by atoms with Crippen molar-refractivity contribution < 1.29 is 14.3 Å². The first-order valence-electron chi connectivity index (χ1n) is 6.48. The highest BCUT2D eigenvalue weighted by Gasteiger charge is 2.40. The number of benzene rings is 1. The van der Waals surface area contributed by atoms with Crippen molar-refractivity contribution in [1.29, 1.82) is 0 Å². The number of carbonyl (C=O) groups excluding carboxylic acids is 2. The molecule has 0 heterocycles. The fourth-order valence-electron chi connectivity index (χ4n) is 2.24. The highest BCUT2D eigenvalue weighted by molar-refractivity contribution is 5.94. The van der Waals surface area contributed by atoms with Gasteiger partial charge in [0, 0.05) is 6.42 Å². The van der Waals surface area contributed by atoms with Gasteiger partial charge in [-0.15, -0.1) is 0 Å². The lowest BCUT2D eigenvalue weighted by atomic mass is 9.83. The third-order valence-corrected chi connectivity index (χ3v) is 3.64. The van der Waals surface area contributed by atoms with Gasteiger partial charge in [-0.05, 0) is 38.8 Å². The van der Waals surface area contributed by atoms with Gasteiger partial charge in [-0.25, -0.2) is 4.79 Å². The van der Waals surface area contributed by atoms with Crippen molar-refractivity contribution >= 4 is 11.8 Å². The summed E-state index contributed by atoms with van der Waals surface area (Å²) in [5.74, 6) is -0.510. The van der Waals surface area contributed by atoms with Gasteiger partial charge < -0.3 is 4.74 Å². The minimum Gasteiger partial charge on any atom is -0.447 e. The van der Waals surface area contributed by atoms with Crippen molar-refractivity contribution in [1.82, 2.24) is 0 Å². The van der Waals surface area contributed by atoms with E-state index >= 15 is 0 Å². The summed E-state index contributed by atoms with van der Waals surface area (Å²) in [5.41, 5.74) is 0.744. The van der Waals surface area contributed by atoms with E-state index < -0.39 is 11.6 Å². The van der Waals surface area contributed by atoms with Crippen molar-refractivity contribution in [2.24, 2.45) is 0 Å². The molecule has 1 aromatic rings. The largest absolute Gasteiger partial charge is 0.447 e. The summed E-state index contributed by atoms with van der Waals surface area (Å²) >= 11 is 0. The quantitative estimate of drug-likeness (QED) is 0.617. The molecule has 100 valence electrons. The summed E-state index contributed by atoms with van der Waals surface area (Å²) in [6.45, 7) is 3.52. The lowest BCUT2D eigenvalue weighted by Gasteiger charge is -2.33. The van der Waals surface area contributed by atoms with Crippen molar-refractivity contribution in [2.75, 3.05) is 0 Å². The van der Waals surface area contributed by atoms with Crippen molar-refractivity contribution in [3.05, 3.63) is 47.5 Å². The maximum absolute atomic E-state index is 12.1. The van der Waals surface area contributed by atoms with Crippen LogP contribution in [0.25, 0.3) is 0 Å². The van der Waals surface area contributed by atoms with E-state index in [4.69, 9.17) is 4.74 Å². The SMILES string of the molecule is CC(=O)[C@]1(OC(=O)c2ccccc2)CC=C(C)CC1. The summed E-state index contributed by atoms with van der Waals surface area (Å²) in [4.78, 5) is 24.0. The van der Waals surface area contributed by atoms with Gasteiger partial charge in [0.05, 0.1) is 5.56 Å². The Hall–Kier alpha value is -1.90. The van der Waals surface area contributed by atoms with Crippen LogP contribution in [0.15, 0.2) is 42.0 Å². The summed E-state index contributed by atoms with van der Waals surface area (Å²) in [6.07, 6.45) is 3.83. The number of carbonyl (C=O) groups is 2. The van der Waals surface area contributed by atoms with Crippen LogP contribution in [-0.2, 0) is 9.53 Å². The topological polar surface area (TPSA) is 43.4 Å². The number of ketones is 1. The molecular formula is C16H18O3. The molecule has 0 unspecified atom stereocenters. The normalized spacial score (nSPS) is 22.5. The van der Waals surface area contributed by atoms with Gasteiger partial charge in [-0.2, -0.15) is 0 Å². The molecule has 0 aliphatic heterocycles. The van der Waals surface area contributed by atoms with Crippen LogP contribution in [0.2, 0.25) is 0 Å². The number of rotatable bonds is 3. The number of hydrogen-bond donors (Lipinski definition) is 0. The van der Waals surface area contributed by atoms with Crippen LogP contribution in [0.4, 0.5) is 0 Å². The second-order valence-corrected chi connectivity index (χ2v) is 5.06. The molecule has 1 atom stereocenters. The van der Waals surface area contributed by atoms with Crippen LogP contribution in [-0.4, -0.2) is 17.4 Å². The van der Waals surface area contributed by atoms with Gasteiger partial charge in [-0.1, -0.05) is 29.8 Å². The third kappa shape index (κ3) is 2.92. The van der Waals surface area contributed by atoms with Gasteiger partial charge in [-0.3, -0.25) is 4.79 Å². The average molecular weight is 258 g/mol. The molecule has 1 aliphatic rings. The highest BCUT2D eigenvalue weighted by atomic mass is 16.6. The molecule has 0 N–H and O–H groups in total. The molecule has 3 heteroatoms. The minimum absolute atomic E-state index is 0.0828. The minimum atomic E-state index is -0.980. The van der Waals surface area contributed by atoms with Crippen molar-refractivity contribution in [3.63, 3.8) is 0 Å². The lowest BCUT2D eigenvalue weighted by Crippen LogP contribution is -2.43.